The molecule has 1 N–H and O–H groups in total. The van der Waals surface area contributed by atoms with Gasteiger partial charge in [0.1, 0.15) is 0 Å². The molecular weight excluding hydrogens is 208 g/mol. The topological polar surface area (TPSA) is 15.3 Å². The fourth-order valence-corrected chi connectivity index (χ4v) is 2.68. The summed E-state index contributed by atoms with van der Waals surface area (Å²) in [5, 5.41) is 3.38. The first-order chi connectivity index (χ1) is 8.33. The molecule has 0 aromatic heterocycles. The van der Waals surface area contributed by atoms with Crippen LogP contribution in [0.4, 0.5) is 0 Å². The minimum Gasteiger partial charge on any atom is -0.317 e. The molecule has 0 spiro atoms. The van der Waals surface area contributed by atoms with Crippen molar-refractivity contribution < 1.29 is 0 Å². The van der Waals surface area contributed by atoms with Gasteiger partial charge in [-0.2, -0.15) is 0 Å². The predicted molar refractivity (Wildman–Crippen MR) is 72.9 cm³/mol. The molecule has 1 aromatic carbocycles. The van der Waals surface area contributed by atoms with Crippen LogP contribution >= 0.6 is 0 Å². The highest BCUT2D eigenvalue weighted by atomic mass is 15.1. The van der Waals surface area contributed by atoms with Crippen LogP contribution < -0.4 is 5.32 Å². The lowest BCUT2D eigenvalue weighted by atomic mass is 10.1. The third-order valence-corrected chi connectivity index (χ3v) is 3.83. The first-order valence-electron chi connectivity index (χ1n) is 6.80. The van der Waals surface area contributed by atoms with Crippen molar-refractivity contribution in [3.63, 3.8) is 0 Å². The summed E-state index contributed by atoms with van der Waals surface area (Å²) in [4.78, 5) is 2.56. The highest BCUT2D eigenvalue weighted by molar-refractivity contribution is 5.30. The number of hydrogen-bond acceptors (Lipinski definition) is 2. The standard InChI is InChI=1S/C15H24N2/c1-3-15(16-2)9-6-10-17-11-13-7-4-5-8-14(13)12-17/h4-5,7-8,15-16H,3,6,9-12H2,1-2H3. The van der Waals surface area contributed by atoms with E-state index in [9.17, 15) is 0 Å². The van der Waals surface area contributed by atoms with Gasteiger partial charge >= 0.3 is 0 Å². The van der Waals surface area contributed by atoms with Crippen molar-refractivity contribution >= 4 is 0 Å². The molecule has 1 unspecified atom stereocenters. The maximum absolute atomic E-state index is 3.38. The van der Waals surface area contributed by atoms with E-state index in [0.29, 0.717) is 6.04 Å². The molecule has 0 amide bonds. The van der Waals surface area contributed by atoms with E-state index < -0.39 is 0 Å². The first kappa shape index (κ1) is 12.6. The molecule has 1 aliphatic rings. The summed E-state index contributed by atoms with van der Waals surface area (Å²) in [5.74, 6) is 0. The van der Waals surface area contributed by atoms with Crippen LogP contribution in [0.25, 0.3) is 0 Å². The van der Waals surface area contributed by atoms with E-state index in [1.165, 1.54) is 36.9 Å². The van der Waals surface area contributed by atoms with Gasteiger partial charge in [-0.3, -0.25) is 4.90 Å². The van der Waals surface area contributed by atoms with Crippen LogP contribution in [0, 0.1) is 0 Å². The fraction of sp³-hybridized carbons (Fsp3) is 0.600. The Balaban J connectivity index is 1.73. The molecule has 0 saturated heterocycles. The number of nitrogens with zero attached hydrogens (tertiary/aromatic N) is 1. The molecule has 1 heterocycles. The van der Waals surface area contributed by atoms with Gasteiger partial charge < -0.3 is 5.32 Å². The second-order valence-electron chi connectivity index (χ2n) is 5.02. The summed E-state index contributed by atoms with van der Waals surface area (Å²) in [6, 6.07) is 9.52. The van der Waals surface area contributed by atoms with Gasteiger partial charge in [-0.05, 0) is 44.0 Å². The van der Waals surface area contributed by atoms with E-state index in [0.717, 1.165) is 13.1 Å². The second-order valence-corrected chi connectivity index (χ2v) is 5.02. The molecule has 1 aliphatic heterocycles. The highest BCUT2D eigenvalue weighted by Crippen LogP contribution is 2.22. The Morgan fingerprint density at radius 3 is 2.41 bits per heavy atom. The molecule has 0 aliphatic carbocycles. The summed E-state index contributed by atoms with van der Waals surface area (Å²) < 4.78 is 0. The molecule has 1 aromatic rings. The SMILES string of the molecule is CCC(CCCN1Cc2ccccc2C1)NC. The van der Waals surface area contributed by atoms with E-state index in [1.54, 1.807) is 0 Å². The molecule has 2 rings (SSSR count). The lowest BCUT2D eigenvalue weighted by Crippen LogP contribution is -2.26. The molecule has 0 radical (unpaired) electrons. The van der Waals surface area contributed by atoms with Crippen molar-refractivity contribution in [2.24, 2.45) is 0 Å². The van der Waals surface area contributed by atoms with Crippen LogP contribution in [0.1, 0.15) is 37.3 Å². The van der Waals surface area contributed by atoms with Crippen molar-refractivity contribution in [3.05, 3.63) is 35.4 Å². The number of hydrogen-bond donors (Lipinski definition) is 1. The van der Waals surface area contributed by atoms with E-state index in [1.807, 2.05) is 0 Å². The Morgan fingerprint density at radius 2 is 1.88 bits per heavy atom. The average Bonchev–Trinajstić information content (AvgIpc) is 2.77. The minimum absolute atomic E-state index is 0.694. The van der Waals surface area contributed by atoms with Crippen molar-refractivity contribution in [1.82, 2.24) is 10.2 Å². The molecular formula is C15H24N2. The maximum Gasteiger partial charge on any atom is 0.0240 e. The van der Waals surface area contributed by atoms with Crippen molar-refractivity contribution in [1.29, 1.82) is 0 Å². The molecule has 2 heteroatoms. The van der Waals surface area contributed by atoms with E-state index >= 15 is 0 Å². The molecule has 94 valence electrons. The Morgan fingerprint density at radius 1 is 1.24 bits per heavy atom. The van der Waals surface area contributed by atoms with Crippen LogP contribution in [0.3, 0.4) is 0 Å². The van der Waals surface area contributed by atoms with Gasteiger partial charge in [0.25, 0.3) is 0 Å². The Labute approximate surface area is 105 Å². The van der Waals surface area contributed by atoms with Gasteiger partial charge in [-0.25, -0.2) is 0 Å². The Hall–Kier alpha value is -0.860. The Kier molecular flexibility index (Phi) is 4.57. The van der Waals surface area contributed by atoms with E-state index in [-0.39, 0.29) is 0 Å². The first-order valence-corrected chi connectivity index (χ1v) is 6.80. The molecule has 17 heavy (non-hydrogen) atoms. The predicted octanol–water partition coefficient (Wildman–Crippen LogP) is 2.78. The minimum atomic E-state index is 0.694. The smallest absolute Gasteiger partial charge is 0.0240 e. The molecule has 1 atom stereocenters. The van der Waals surface area contributed by atoms with Crippen LogP contribution in [-0.2, 0) is 13.1 Å². The monoisotopic (exact) mass is 232 g/mol. The number of rotatable bonds is 6. The van der Waals surface area contributed by atoms with Gasteiger partial charge in [0.2, 0.25) is 0 Å². The summed E-state index contributed by atoms with van der Waals surface area (Å²) in [6.07, 6.45) is 3.82. The van der Waals surface area contributed by atoms with Crippen LogP contribution in [0.15, 0.2) is 24.3 Å². The van der Waals surface area contributed by atoms with Gasteiger partial charge in [0.05, 0.1) is 0 Å². The molecule has 0 saturated carbocycles. The van der Waals surface area contributed by atoms with E-state index in [2.05, 4.69) is 48.5 Å². The average molecular weight is 232 g/mol. The molecule has 0 bridgehead atoms. The molecule has 0 fully saturated rings. The van der Waals surface area contributed by atoms with Crippen LogP contribution in [0.2, 0.25) is 0 Å². The quantitative estimate of drug-likeness (QED) is 0.811. The zero-order chi connectivity index (χ0) is 12.1. The third kappa shape index (κ3) is 3.30. The third-order valence-electron chi connectivity index (χ3n) is 3.83. The normalized spacial score (nSPS) is 17.1. The lowest BCUT2D eigenvalue weighted by Gasteiger charge is -2.17. The van der Waals surface area contributed by atoms with Gasteiger partial charge in [-0.1, -0.05) is 31.2 Å². The van der Waals surface area contributed by atoms with Crippen LogP contribution in [0.5, 0.6) is 0 Å². The summed E-state index contributed by atoms with van der Waals surface area (Å²) in [7, 11) is 2.07. The zero-order valence-corrected chi connectivity index (χ0v) is 11.1. The number of nitrogens with one attached hydrogen (secondary N) is 1. The van der Waals surface area contributed by atoms with Crippen LogP contribution in [-0.4, -0.2) is 24.5 Å². The summed E-state index contributed by atoms with van der Waals surface area (Å²) in [5.41, 5.74) is 3.04. The van der Waals surface area contributed by atoms with Crippen molar-refractivity contribution in [2.75, 3.05) is 13.6 Å². The highest BCUT2D eigenvalue weighted by Gasteiger charge is 2.17. The fourth-order valence-electron chi connectivity index (χ4n) is 2.68. The maximum atomic E-state index is 3.38. The largest absolute Gasteiger partial charge is 0.317 e. The van der Waals surface area contributed by atoms with E-state index in [4.69, 9.17) is 0 Å². The van der Waals surface area contributed by atoms with Crippen molar-refractivity contribution in [2.45, 2.75) is 45.3 Å². The zero-order valence-electron chi connectivity index (χ0n) is 11.1. The van der Waals surface area contributed by atoms with Gasteiger partial charge in [-0.15, -0.1) is 0 Å². The lowest BCUT2D eigenvalue weighted by molar-refractivity contribution is 0.271. The number of benzene rings is 1. The van der Waals surface area contributed by atoms with Crippen molar-refractivity contribution in [3.8, 4) is 0 Å². The summed E-state index contributed by atoms with van der Waals surface area (Å²) in [6.45, 7) is 5.78. The number of fused-ring (bicyclic) bond motifs is 1. The second kappa shape index (κ2) is 6.18. The summed E-state index contributed by atoms with van der Waals surface area (Å²) >= 11 is 0. The molecule has 2 nitrogen and oxygen atoms in total. The Bertz CT molecular complexity index is 320. The van der Waals surface area contributed by atoms with Gasteiger partial charge in [0.15, 0.2) is 0 Å². The van der Waals surface area contributed by atoms with Gasteiger partial charge in [0, 0.05) is 19.1 Å².